The standard InChI is InChI=1S/C4N8O8/c13-9(14)1-5-2(10(15)16)7-4(12(19)20)8-3(6-1)11(17)18/b5-1+,5-2?,6-1?,6-3+,7-2+,7-4?,8-3?,8-4+. The smallest absolute Gasteiger partial charge is 0.390 e. The van der Waals surface area contributed by atoms with Crippen molar-refractivity contribution in [2.24, 2.45) is 20.0 Å². The average Bonchev–Trinajstić information content (AvgIpc) is 2.26. The maximum absolute atomic E-state index is 10.5. The minimum Gasteiger partial charge on any atom is -0.390 e. The first-order valence-corrected chi connectivity index (χ1v) is 4.14. The molecular weight excluding hydrogens is 288 g/mol. The van der Waals surface area contributed by atoms with Gasteiger partial charge in [-0.1, -0.05) is 0 Å². The van der Waals surface area contributed by atoms with E-state index in [0.29, 0.717) is 0 Å². The van der Waals surface area contributed by atoms with Gasteiger partial charge in [-0.2, -0.15) is 0 Å². The molecule has 20 heavy (non-hydrogen) atoms. The van der Waals surface area contributed by atoms with Crippen LogP contribution in [-0.2, 0) is 0 Å². The van der Waals surface area contributed by atoms with Crippen LogP contribution in [0, 0.1) is 40.5 Å². The molecule has 0 amide bonds. The van der Waals surface area contributed by atoms with E-state index in [1.807, 2.05) is 0 Å². The van der Waals surface area contributed by atoms with Crippen molar-refractivity contribution in [1.82, 2.24) is 0 Å². The van der Waals surface area contributed by atoms with Gasteiger partial charge < -0.3 is 40.5 Å². The van der Waals surface area contributed by atoms with Gasteiger partial charge in [0.25, 0.3) is 0 Å². The van der Waals surface area contributed by atoms with Crippen LogP contribution in [0.25, 0.3) is 0 Å². The van der Waals surface area contributed by atoms with E-state index in [4.69, 9.17) is 0 Å². The SMILES string of the molecule is O=[N+]([O-])C1=N/C([N+](=O)[O-])=N\C([N+](=O)[O-])=N/C([N+](=O)[O-])=N\1. The second-order valence-electron chi connectivity index (χ2n) is 2.68. The van der Waals surface area contributed by atoms with E-state index in [1.54, 1.807) is 0 Å². The fourth-order valence-electron chi connectivity index (χ4n) is 0.784. The van der Waals surface area contributed by atoms with Crippen molar-refractivity contribution >= 4 is 23.8 Å². The quantitative estimate of drug-likeness (QED) is 0.376. The highest BCUT2D eigenvalue weighted by Gasteiger charge is 2.32. The first-order valence-electron chi connectivity index (χ1n) is 4.14. The molecule has 0 aromatic carbocycles. The lowest BCUT2D eigenvalue weighted by atomic mass is 10.8. The van der Waals surface area contributed by atoms with Gasteiger partial charge in [-0.25, -0.2) is 0 Å². The van der Waals surface area contributed by atoms with Crippen molar-refractivity contribution in [3.63, 3.8) is 0 Å². The van der Waals surface area contributed by atoms with Crippen LogP contribution in [0.3, 0.4) is 0 Å². The number of hydrogen-bond acceptors (Lipinski definition) is 12. The van der Waals surface area contributed by atoms with Gasteiger partial charge >= 0.3 is 23.8 Å². The Morgan fingerprint density at radius 3 is 0.750 bits per heavy atom. The second kappa shape index (κ2) is 5.29. The number of aliphatic imine (C=N–C) groups is 4. The van der Waals surface area contributed by atoms with Crippen molar-refractivity contribution in [2.75, 3.05) is 0 Å². The molecule has 0 saturated heterocycles. The fourth-order valence-corrected chi connectivity index (χ4v) is 0.784. The summed E-state index contributed by atoms with van der Waals surface area (Å²) in [7, 11) is 0. The highest BCUT2D eigenvalue weighted by molar-refractivity contribution is 6.02. The molecule has 1 aliphatic heterocycles. The van der Waals surface area contributed by atoms with Crippen LogP contribution in [0.2, 0.25) is 0 Å². The van der Waals surface area contributed by atoms with Crippen LogP contribution < -0.4 is 0 Å². The van der Waals surface area contributed by atoms with Crippen molar-refractivity contribution in [2.45, 2.75) is 0 Å². The van der Waals surface area contributed by atoms with Crippen LogP contribution in [0.5, 0.6) is 0 Å². The third-order valence-corrected chi connectivity index (χ3v) is 1.45. The Morgan fingerprint density at radius 1 is 0.500 bits per heavy atom. The highest BCUT2D eigenvalue weighted by Crippen LogP contribution is 2.00. The molecule has 0 saturated carbocycles. The van der Waals surface area contributed by atoms with Crippen molar-refractivity contribution in [3.8, 4) is 0 Å². The number of rotatable bonds is 0. The summed E-state index contributed by atoms with van der Waals surface area (Å²) in [6.07, 6.45) is 0. The third kappa shape index (κ3) is 3.15. The van der Waals surface area contributed by atoms with Crippen LogP contribution in [0.1, 0.15) is 0 Å². The molecule has 1 heterocycles. The third-order valence-electron chi connectivity index (χ3n) is 1.45. The maximum atomic E-state index is 10.5. The van der Waals surface area contributed by atoms with E-state index in [2.05, 4.69) is 20.0 Å². The molecule has 1 rings (SSSR count). The van der Waals surface area contributed by atoms with E-state index in [-0.39, 0.29) is 0 Å². The summed E-state index contributed by atoms with van der Waals surface area (Å²) in [5, 5.41) is 41.8. The Labute approximate surface area is 105 Å². The predicted octanol–water partition coefficient (Wildman–Crippen LogP) is -1.47. The molecule has 0 aromatic heterocycles. The Hall–Kier alpha value is -3.72. The van der Waals surface area contributed by atoms with Crippen molar-refractivity contribution < 1.29 is 19.7 Å². The maximum Gasteiger partial charge on any atom is 0.481 e. The molecule has 16 heteroatoms. The molecule has 0 aromatic rings. The average molecular weight is 288 g/mol. The molecule has 0 unspecified atom stereocenters. The van der Waals surface area contributed by atoms with E-state index in [1.165, 1.54) is 0 Å². The zero-order valence-corrected chi connectivity index (χ0v) is 8.84. The second-order valence-corrected chi connectivity index (χ2v) is 2.68. The highest BCUT2D eigenvalue weighted by atomic mass is 16.7. The minimum absolute atomic E-state index is 1.38. The molecular formula is C4N8O8. The monoisotopic (exact) mass is 288 g/mol. The summed E-state index contributed by atoms with van der Waals surface area (Å²) >= 11 is 0. The van der Waals surface area contributed by atoms with Gasteiger partial charge in [-0.05, 0) is 19.7 Å². The first-order chi connectivity index (χ1) is 9.22. The number of hydrogen-bond donors (Lipinski definition) is 0. The van der Waals surface area contributed by atoms with Gasteiger partial charge in [0, 0.05) is 20.0 Å². The topological polar surface area (TPSA) is 222 Å². The summed E-state index contributed by atoms with van der Waals surface area (Å²) in [5.41, 5.74) is 0. The summed E-state index contributed by atoms with van der Waals surface area (Å²) in [6.45, 7) is 0. The Morgan fingerprint density at radius 2 is 0.650 bits per heavy atom. The van der Waals surface area contributed by atoms with Gasteiger partial charge in [0.2, 0.25) is 0 Å². The predicted molar refractivity (Wildman–Crippen MR) is 57.7 cm³/mol. The van der Waals surface area contributed by atoms with Gasteiger partial charge in [0.15, 0.2) is 0 Å². The lowest BCUT2D eigenvalue weighted by molar-refractivity contribution is -0.370. The molecule has 0 aliphatic carbocycles. The molecule has 104 valence electrons. The van der Waals surface area contributed by atoms with Crippen molar-refractivity contribution in [3.05, 3.63) is 40.5 Å². The van der Waals surface area contributed by atoms with Crippen LogP contribution in [0.15, 0.2) is 20.0 Å². The normalized spacial score (nSPS) is 25.2. The Kier molecular flexibility index (Phi) is 3.79. The lowest BCUT2D eigenvalue weighted by Gasteiger charge is -1.98. The molecule has 0 N–H and O–H groups in total. The molecule has 16 nitrogen and oxygen atoms in total. The Bertz CT molecular complexity index is 518. The summed E-state index contributed by atoms with van der Waals surface area (Å²) < 4.78 is 0. The van der Waals surface area contributed by atoms with Gasteiger partial charge in [0.05, 0.1) is 0 Å². The summed E-state index contributed by atoms with van der Waals surface area (Å²) in [5.74, 6) is -6.23. The summed E-state index contributed by atoms with van der Waals surface area (Å²) in [6, 6.07) is 0. The molecule has 1 aliphatic rings. The van der Waals surface area contributed by atoms with E-state index in [0.717, 1.165) is 0 Å². The van der Waals surface area contributed by atoms with Crippen LogP contribution in [-0.4, -0.2) is 43.5 Å². The van der Waals surface area contributed by atoms with E-state index >= 15 is 0 Å². The molecule has 0 spiro atoms. The minimum atomic E-state index is -1.56. The van der Waals surface area contributed by atoms with Crippen molar-refractivity contribution in [1.29, 1.82) is 0 Å². The van der Waals surface area contributed by atoms with E-state index < -0.39 is 43.5 Å². The zero-order chi connectivity index (χ0) is 15.4. The van der Waals surface area contributed by atoms with Gasteiger partial charge in [0.1, 0.15) is 0 Å². The number of nitro groups is 4. The molecule has 0 fully saturated rings. The number of nitrogens with zero attached hydrogens (tertiary/aromatic N) is 8. The Balaban J connectivity index is 3.57. The first kappa shape index (κ1) is 14.3. The van der Waals surface area contributed by atoms with Crippen LogP contribution >= 0.6 is 0 Å². The molecule has 0 atom stereocenters. The van der Waals surface area contributed by atoms with Gasteiger partial charge in [-0.3, -0.25) is 0 Å². The number of guanidine groups is 4. The largest absolute Gasteiger partial charge is 0.481 e. The zero-order valence-electron chi connectivity index (χ0n) is 8.84. The van der Waals surface area contributed by atoms with Crippen LogP contribution in [0.4, 0.5) is 0 Å². The van der Waals surface area contributed by atoms with Gasteiger partial charge in [-0.15, -0.1) is 0 Å². The fraction of sp³-hybridized carbons (Fsp3) is 0. The van der Waals surface area contributed by atoms with E-state index in [9.17, 15) is 40.5 Å². The lowest BCUT2D eigenvalue weighted by Crippen LogP contribution is -2.26. The molecule has 0 bridgehead atoms. The summed E-state index contributed by atoms with van der Waals surface area (Å²) in [4.78, 5) is 47.1. The molecule has 0 radical (unpaired) electrons.